The molecule has 22 heavy (non-hydrogen) atoms. The first-order valence-electron chi connectivity index (χ1n) is 6.37. The Morgan fingerprint density at radius 2 is 2.27 bits per heavy atom. The van der Waals surface area contributed by atoms with Gasteiger partial charge in [0.05, 0.1) is 7.11 Å². The number of aromatic nitrogens is 4. The Morgan fingerprint density at radius 3 is 3.05 bits per heavy atom. The van der Waals surface area contributed by atoms with Gasteiger partial charge in [0.15, 0.2) is 5.65 Å². The molecule has 4 rings (SSSR count). The minimum absolute atomic E-state index is 0.301. The van der Waals surface area contributed by atoms with Gasteiger partial charge < -0.3 is 4.74 Å². The zero-order valence-electron chi connectivity index (χ0n) is 11.3. The summed E-state index contributed by atoms with van der Waals surface area (Å²) in [5, 5.41) is 0.474. The number of aromatic amines is 1. The maximum atomic E-state index is 14.2. The Hall–Kier alpha value is -2.74. The van der Waals surface area contributed by atoms with Crippen molar-refractivity contribution < 1.29 is 9.13 Å². The van der Waals surface area contributed by atoms with E-state index in [2.05, 4.69) is 15.0 Å². The highest BCUT2D eigenvalue weighted by molar-refractivity contribution is 7.21. The van der Waals surface area contributed by atoms with Crippen LogP contribution in [0.5, 0.6) is 5.75 Å². The Balaban J connectivity index is 1.98. The number of methoxy groups -OCH3 is 1. The molecule has 0 fully saturated rings. The maximum absolute atomic E-state index is 14.2. The fraction of sp³-hybridized carbons (Fsp3) is 0.0714. The van der Waals surface area contributed by atoms with Crippen LogP contribution in [0.3, 0.4) is 0 Å². The predicted molar refractivity (Wildman–Crippen MR) is 80.9 cm³/mol. The highest BCUT2D eigenvalue weighted by atomic mass is 32.1. The van der Waals surface area contributed by atoms with E-state index in [1.165, 1.54) is 35.1 Å². The van der Waals surface area contributed by atoms with Crippen molar-refractivity contribution in [3.63, 3.8) is 0 Å². The molecule has 1 N–H and O–H groups in total. The third-order valence-electron chi connectivity index (χ3n) is 3.33. The lowest BCUT2D eigenvalue weighted by molar-refractivity contribution is 0.411. The number of thiazole rings is 1. The monoisotopic (exact) mass is 316 g/mol. The summed E-state index contributed by atoms with van der Waals surface area (Å²) in [5.74, 6) is 0.00605. The van der Waals surface area contributed by atoms with Crippen LogP contribution >= 0.6 is 11.3 Å². The molecule has 0 spiro atoms. The molecule has 0 unspecified atom stereocenters. The topological polar surface area (TPSA) is 72.3 Å². The molecule has 0 aliphatic carbocycles. The molecule has 3 heterocycles. The van der Waals surface area contributed by atoms with Gasteiger partial charge in [-0.05, 0) is 12.1 Å². The SMILES string of the molecule is COc1ccc(-c2nc3c([nH]c(=O)n4ccnc34)s2)c(F)c1. The van der Waals surface area contributed by atoms with Crippen LogP contribution < -0.4 is 10.4 Å². The van der Waals surface area contributed by atoms with Crippen LogP contribution in [0.2, 0.25) is 0 Å². The van der Waals surface area contributed by atoms with Gasteiger partial charge in [-0.15, -0.1) is 0 Å². The number of imidazole rings is 1. The average Bonchev–Trinajstić information content (AvgIpc) is 3.13. The first-order chi connectivity index (χ1) is 10.7. The zero-order valence-corrected chi connectivity index (χ0v) is 12.1. The Bertz CT molecular complexity index is 1070. The number of nitrogens with zero attached hydrogens (tertiary/aromatic N) is 3. The number of rotatable bonds is 2. The molecule has 3 aromatic heterocycles. The van der Waals surface area contributed by atoms with Crippen LogP contribution in [0.4, 0.5) is 4.39 Å². The Labute approximate surface area is 126 Å². The summed E-state index contributed by atoms with van der Waals surface area (Å²) in [6.45, 7) is 0. The highest BCUT2D eigenvalue weighted by Gasteiger charge is 2.15. The highest BCUT2D eigenvalue weighted by Crippen LogP contribution is 2.32. The van der Waals surface area contributed by atoms with Crippen LogP contribution in [0.1, 0.15) is 0 Å². The molecule has 8 heteroatoms. The second-order valence-corrected chi connectivity index (χ2v) is 5.59. The summed E-state index contributed by atoms with van der Waals surface area (Å²) < 4.78 is 20.5. The van der Waals surface area contributed by atoms with Crippen molar-refractivity contribution in [3.05, 3.63) is 46.9 Å². The van der Waals surface area contributed by atoms with Crippen molar-refractivity contribution in [2.24, 2.45) is 0 Å². The predicted octanol–water partition coefficient (Wildman–Crippen LogP) is 2.45. The minimum atomic E-state index is -0.430. The van der Waals surface area contributed by atoms with Gasteiger partial charge in [-0.3, -0.25) is 4.98 Å². The smallest absolute Gasteiger partial charge is 0.332 e. The Morgan fingerprint density at radius 1 is 1.41 bits per heavy atom. The van der Waals surface area contributed by atoms with Gasteiger partial charge in [-0.25, -0.2) is 23.6 Å². The molecule has 0 saturated heterocycles. The fourth-order valence-corrected chi connectivity index (χ4v) is 3.25. The van der Waals surface area contributed by atoms with E-state index < -0.39 is 5.82 Å². The molecular formula is C14H9FN4O2S. The second-order valence-electron chi connectivity index (χ2n) is 4.59. The molecule has 1 aromatic carbocycles. The number of fused-ring (bicyclic) bond motifs is 3. The largest absolute Gasteiger partial charge is 0.497 e. The van der Waals surface area contributed by atoms with Gasteiger partial charge in [0.1, 0.15) is 26.9 Å². The van der Waals surface area contributed by atoms with E-state index in [-0.39, 0.29) is 5.69 Å². The number of halogens is 1. The molecule has 0 amide bonds. The number of benzene rings is 1. The maximum Gasteiger partial charge on any atom is 0.332 e. The first kappa shape index (κ1) is 13.0. The summed E-state index contributed by atoms with van der Waals surface area (Å²) in [6.07, 6.45) is 3.08. The lowest BCUT2D eigenvalue weighted by Crippen LogP contribution is -2.14. The minimum Gasteiger partial charge on any atom is -0.497 e. The van der Waals surface area contributed by atoms with Gasteiger partial charge in [-0.2, -0.15) is 0 Å². The summed E-state index contributed by atoms with van der Waals surface area (Å²) in [6, 6.07) is 4.57. The molecule has 6 nitrogen and oxygen atoms in total. The van der Waals surface area contributed by atoms with Crippen LogP contribution in [0.15, 0.2) is 35.4 Å². The van der Waals surface area contributed by atoms with Gasteiger partial charge in [0, 0.05) is 24.0 Å². The van der Waals surface area contributed by atoms with E-state index in [9.17, 15) is 9.18 Å². The van der Waals surface area contributed by atoms with Crippen molar-refractivity contribution in [1.82, 2.24) is 19.4 Å². The summed E-state index contributed by atoms with van der Waals surface area (Å²) >= 11 is 1.21. The zero-order chi connectivity index (χ0) is 15.3. The molecule has 4 aromatic rings. The van der Waals surface area contributed by atoms with E-state index in [1.54, 1.807) is 18.3 Å². The fourth-order valence-electron chi connectivity index (χ4n) is 2.27. The Kier molecular flexibility index (Phi) is 2.73. The number of hydrogen-bond acceptors (Lipinski definition) is 5. The molecule has 110 valence electrons. The second kappa shape index (κ2) is 4.63. The summed E-state index contributed by atoms with van der Waals surface area (Å²) in [7, 11) is 1.48. The quantitative estimate of drug-likeness (QED) is 0.616. The number of H-pyrrole nitrogens is 1. The van der Waals surface area contributed by atoms with Crippen molar-refractivity contribution in [2.75, 3.05) is 7.11 Å². The standard InChI is InChI=1S/C14H9FN4O2S/c1-21-7-2-3-8(9(15)6-7)12-17-10-11-16-4-5-19(11)14(20)18-13(10)22-12/h2-6H,1H3,(H,18,20). The lowest BCUT2D eigenvalue weighted by atomic mass is 10.2. The van der Waals surface area contributed by atoms with Crippen LogP contribution in [-0.4, -0.2) is 26.5 Å². The van der Waals surface area contributed by atoms with Gasteiger partial charge in [-0.1, -0.05) is 11.3 Å². The molecule has 0 aliphatic heterocycles. The number of hydrogen-bond donors (Lipinski definition) is 1. The van der Waals surface area contributed by atoms with Gasteiger partial charge in [0.25, 0.3) is 0 Å². The van der Waals surface area contributed by atoms with E-state index in [0.717, 1.165) is 0 Å². The van der Waals surface area contributed by atoms with Crippen LogP contribution in [-0.2, 0) is 0 Å². The van der Waals surface area contributed by atoms with Crippen molar-refractivity contribution >= 4 is 27.3 Å². The average molecular weight is 316 g/mol. The van der Waals surface area contributed by atoms with Crippen molar-refractivity contribution in [2.45, 2.75) is 0 Å². The molecule has 0 atom stereocenters. The van der Waals surface area contributed by atoms with Gasteiger partial charge in [0.2, 0.25) is 0 Å². The molecule has 0 bridgehead atoms. The normalized spacial score (nSPS) is 11.4. The van der Waals surface area contributed by atoms with Crippen LogP contribution in [0, 0.1) is 5.82 Å². The van der Waals surface area contributed by atoms with Crippen LogP contribution in [0.25, 0.3) is 26.6 Å². The number of nitrogens with one attached hydrogen (secondary N) is 1. The van der Waals surface area contributed by atoms with E-state index >= 15 is 0 Å². The van der Waals surface area contributed by atoms with E-state index in [4.69, 9.17) is 4.74 Å². The number of ether oxygens (including phenoxy) is 1. The van der Waals surface area contributed by atoms with E-state index in [1.807, 2.05) is 0 Å². The lowest BCUT2D eigenvalue weighted by Gasteiger charge is -2.02. The summed E-state index contributed by atoms with van der Waals surface area (Å²) in [5.41, 5.74) is 1.05. The third kappa shape index (κ3) is 1.81. The van der Waals surface area contributed by atoms with Crippen molar-refractivity contribution in [3.8, 4) is 16.3 Å². The molecule has 0 saturated carbocycles. The van der Waals surface area contributed by atoms with Crippen molar-refractivity contribution in [1.29, 1.82) is 0 Å². The summed E-state index contributed by atoms with van der Waals surface area (Å²) in [4.78, 5) is 23.8. The van der Waals surface area contributed by atoms with Gasteiger partial charge >= 0.3 is 5.69 Å². The first-order valence-corrected chi connectivity index (χ1v) is 7.19. The molecule has 0 radical (unpaired) electrons. The molecule has 0 aliphatic rings. The van der Waals surface area contributed by atoms with E-state index in [0.29, 0.717) is 32.3 Å². The molecular weight excluding hydrogens is 307 g/mol. The third-order valence-corrected chi connectivity index (χ3v) is 4.33.